The zero-order valence-corrected chi connectivity index (χ0v) is 13.8. The second-order valence-corrected chi connectivity index (χ2v) is 6.55. The van der Waals surface area contributed by atoms with Crippen molar-refractivity contribution in [3.63, 3.8) is 0 Å². The molecule has 0 bridgehead atoms. The van der Waals surface area contributed by atoms with E-state index in [0.717, 1.165) is 36.1 Å². The van der Waals surface area contributed by atoms with Crippen LogP contribution in [0.3, 0.4) is 0 Å². The lowest BCUT2D eigenvalue weighted by Gasteiger charge is -2.39. The van der Waals surface area contributed by atoms with Gasteiger partial charge < -0.3 is 19.8 Å². The Kier molecular flexibility index (Phi) is 3.90. The molecule has 2 aliphatic rings. The number of nitrogens with one attached hydrogen (secondary N) is 2. The number of para-hydroxylation sites is 1. The Labute approximate surface area is 141 Å². The van der Waals surface area contributed by atoms with Crippen molar-refractivity contribution in [1.82, 2.24) is 10.3 Å². The van der Waals surface area contributed by atoms with Gasteiger partial charge in [-0.2, -0.15) is 0 Å². The van der Waals surface area contributed by atoms with Crippen LogP contribution in [-0.4, -0.2) is 44.4 Å². The molecule has 2 aromatic rings. The second kappa shape index (κ2) is 6.07. The summed E-state index contributed by atoms with van der Waals surface area (Å²) in [5, 5.41) is 4.50. The number of carbonyl (C=O) groups is 1. The predicted octanol–water partition coefficient (Wildman–Crippen LogP) is 2.14. The molecule has 0 radical (unpaired) electrons. The highest BCUT2D eigenvalue weighted by atomic mass is 16.5. The van der Waals surface area contributed by atoms with Crippen LogP contribution < -0.4 is 5.32 Å². The SMILES string of the molecule is COC(=O)C1(c2cc3ccccc3[nH]2)COCC=C2CNCCC21. The summed E-state index contributed by atoms with van der Waals surface area (Å²) >= 11 is 0. The summed E-state index contributed by atoms with van der Waals surface area (Å²) in [7, 11) is 1.46. The molecular formula is C19H22N2O3. The summed E-state index contributed by atoms with van der Waals surface area (Å²) in [4.78, 5) is 16.5. The molecule has 3 heterocycles. The molecule has 0 amide bonds. The third-order valence-corrected chi connectivity index (χ3v) is 5.33. The Bertz CT molecular complexity index is 762. The molecule has 0 spiro atoms. The van der Waals surface area contributed by atoms with Crippen molar-refractivity contribution >= 4 is 16.9 Å². The van der Waals surface area contributed by atoms with Crippen LogP contribution in [0.5, 0.6) is 0 Å². The van der Waals surface area contributed by atoms with Gasteiger partial charge in [0.05, 0.1) is 20.3 Å². The van der Waals surface area contributed by atoms with Gasteiger partial charge in [0.1, 0.15) is 5.41 Å². The number of aromatic amines is 1. The van der Waals surface area contributed by atoms with Crippen LogP contribution in [0.1, 0.15) is 12.1 Å². The van der Waals surface area contributed by atoms with E-state index in [2.05, 4.69) is 28.5 Å². The van der Waals surface area contributed by atoms with Gasteiger partial charge in [0.2, 0.25) is 0 Å². The van der Waals surface area contributed by atoms with Crippen LogP contribution in [0, 0.1) is 5.92 Å². The largest absolute Gasteiger partial charge is 0.468 e. The van der Waals surface area contributed by atoms with Crippen molar-refractivity contribution < 1.29 is 14.3 Å². The number of piperidine rings is 1. The van der Waals surface area contributed by atoms with Gasteiger partial charge in [0, 0.05) is 23.7 Å². The zero-order chi connectivity index (χ0) is 16.6. The molecule has 4 rings (SSSR count). The van der Waals surface area contributed by atoms with Crippen LogP contribution in [0.15, 0.2) is 42.0 Å². The highest BCUT2D eigenvalue weighted by Crippen LogP contribution is 2.43. The van der Waals surface area contributed by atoms with Gasteiger partial charge in [0.25, 0.3) is 0 Å². The second-order valence-electron chi connectivity index (χ2n) is 6.55. The number of aromatic nitrogens is 1. The smallest absolute Gasteiger partial charge is 0.320 e. The maximum Gasteiger partial charge on any atom is 0.320 e. The van der Waals surface area contributed by atoms with E-state index in [9.17, 15) is 4.79 Å². The molecule has 5 nitrogen and oxygen atoms in total. The molecule has 2 N–H and O–H groups in total. The number of rotatable bonds is 2. The van der Waals surface area contributed by atoms with Crippen molar-refractivity contribution in [2.45, 2.75) is 11.8 Å². The Morgan fingerprint density at radius 2 is 2.25 bits per heavy atom. The first-order valence-corrected chi connectivity index (χ1v) is 8.40. The number of H-pyrrole nitrogens is 1. The van der Waals surface area contributed by atoms with Crippen LogP contribution in [-0.2, 0) is 19.7 Å². The van der Waals surface area contributed by atoms with E-state index in [1.807, 2.05) is 18.2 Å². The molecule has 2 unspecified atom stereocenters. The minimum atomic E-state index is -0.821. The lowest BCUT2D eigenvalue weighted by Crippen LogP contribution is -2.51. The number of esters is 1. The molecule has 0 aliphatic carbocycles. The van der Waals surface area contributed by atoms with E-state index in [1.165, 1.54) is 12.7 Å². The van der Waals surface area contributed by atoms with Crippen molar-refractivity contribution in [2.24, 2.45) is 5.92 Å². The summed E-state index contributed by atoms with van der Waals surface area (Å²) in [5.74, 6) is -0.143. The summed E-state index contributed by atoms with van der Waals surface area (Å²) in [5.41, 5.74) is 2.33. The normalized spacial score (nSPS) is 27.2. The monoisotopic (exact) mass is 326 g/mol. The predicted molar refractivity (Wildman–Crippen MR) is 91.9 cm³/mol. The quantitative estimate of drug-likeness (QED) is 0.656. The number of ether oxygens (including phenoxy) is 2. The molecule has 1 fully saturated rings. The van der Waals surface area contributed by atoms with Crippen LogP contribution in [0.2, 0.25) is 0 Å². The Morgan fingerprint density at radius 1 is 1.38 bits per heavy atom. The van der Waals surface area contributed by atoms with Gasteiger partial charge >= 0.3 is 5.97 Å². The first-order chi connectivity index (χ1) is 11.8. The van der Waals surface area contributed by atoms with E-state index in [4.69, 9.17) is 9.47 Å². The first-order valence-electron chi connectivity index (χ1n) is 8.40. The maximum absolute atomic E-state index is 13.0. The first kappa shape index (κ1) is 15.4. The fourth-order valence-corrected chi connectivity index (χ4v) is 4.12. The van der Waals surface area contributed by atoms with Gasteiger partial charge in [-0.25, -0.2) is 0 Å². The van der Waals surface area contributed by atoms with E-state index >= 15 is 0 Å². The molecular weight excluding hydrogens is 304 g/mol. The minimum Gasteiger partial charge on any atom is -0.468 e. The number of hydrogen-bond donors (Lipinski definition) is 2. The van der Waals surface area contributed by atoms with Gasteiger partial charge in [-0.15, -0.1) is 0 Å². The topological polar surface area (TPSA) is 63.4 Å². The number of hydrogen-bond acceptors (Lipinski definition) is 4. The molecule has 2 atom stereocenters. The molecule has 1 saturated heterocycles. The third kappa shape index (κ3) is 2.27. The van der Waals surface area contributed by atoms with Crippen molar-refractivity contribution in [3.8, 4) is 0 Å². The fourth-order valence-electron chi connectivity index (χ4n) is 4.12. The molecule has 5 heteroatoms. The number of fused-ring (bicyclic) bond motifs is 2. The van der Waals surface area contributed by atoms with Crippen LogP contribution >= 0.6 is 0 Å². The van der Waals surface area contributed by atoms with E-state index in [1.54, 1.807) is 0 Å². The van der Waals surface area contributed by atoms with Crippen molar-refractivity contribution in [2.75, 3.05) is 33.4 Å². The molecule has 2 aliphatic heterocycles. The number of methoxy groups -OCH3 is 1. The van der Waals surface area contributed by atoms with Crippen LogP contribution in [0.4, 0.5) is 0 Å². The maximum atomic E-state index is 13.0. The van der Waals surface area contributed by atoms with Crippen LogP contribution in [0.25, 0.3) is 10.9 Å². The Balaban J connectivity index is 1.91. The highest BCUT2D eigenvalue weighted by Gasteiger charge is 2.52. The van der Waals surface area contributed by atoms with Gasteiger partial charge in [-0.3, -0.25) is 4.79 Å². The van der Waals surface area contributed by atoms with Gasteiger partial charge in [-0.05, 0) is 30.5 Å². The Hall–Kier alpha value is -2.11. The van der Waals surface area contributed by atoms with Gasteiger partial charge in [-0.1, -0.05) is 29.8 Å². The summed E-state index contributed by atoms with van der Waals surface area (Å²) < 4.78 is 11.1. The summed E-state index contributed by atoms with van der Waals surface area (Å²) in [6.45, 7) is 2.55. The van der Waals surface area contributed by atoms with E-state index in [0.29, 0.717) is 13.2 Å². The van der Waals surface area contributed by atoms with E-state index < -0.39 is 5.41 Å². The third-order valence-electron chi connectivity index (χ3n) is 5.33. The highest BCUT2D eigenvalue weighted by molar-refractivity contribution is 5.88. The average Bonchev–Trinajstić information content (AvgIpc) is 2.96. The molecule has 1 aromatic carbocycles. The average molecular weight is 326 g/mol. The molecule has 126 valence electrons. The summed E-state index contributed by atoms with van der Waals surface area (Å²) in [6, 6.07) is 10.1. The molecule has 1 aromatic heterocycles. The minimum absolute atomic E-state index is 0.0850. The van der Waals surface area contributed by atoms with Crippen molar-refractivity contribution in [1.29, 1.82) is 0 Å². The lowest BCUT2D eigenvalue weighted by atomic mass is 9.67. The fraction of sp³-hybridized carbons (Fsp3) is 0.421. The number of benzene rings is 1. The standard InChI is InChI=1S/C19H22N2O3/c1-23-18(22)19(17-10-13-4-2-3-5-16(13)21-17)12-24-9-7-14-11-20-8-6-15(14)19/h2-5,7,10,15,20-21H,6,8-9,11-12H2,1H3. The lowest BCUT2D eigenvalue weighted by molar-refractivity contribution is -0.152. The van der Waals surface area contributed by atoms with Gasteiger partial charge in [0.15, 0.2) is 0 Å². The zero-order valence-electron chi connectivity index (χ0n) is 13.8. The van der Waals surface area contributed by atoms with E-state index in [-0.39, 0.29) is 11.9 Å². The summed E-state index contributed by atoms with van der Waals surface area (Å²) in [6.07, 6.45) is 3.00. The van der Waals surface area contributed by atoms with Crippen molar-refractivity contribution in [3.05, 3.63) is 47.7 Å². The Morgan fingerprint density at radius 3 is 3.08 bits per heavy atom. The number of carbonyl (C=O) groups excluding carboxylic acids is 1. The molecule has 0 saturated carbocycles. The molecule has 24 heavy (non-hydrogen) atoms.